The van der Waals surface area contributed by atoms with E-state index in [0.717, 1.165) is 25.8 Å². The normalized spacial score (nSPS) is 19.8. The van der Waals surface area contributed by atoms with Crippen LogP contribution in [0.4, 0.5) is 0 Å². The first kappa shape index (κ1) is 10.3. The van der Waals surface area contributed by atoms with E-state index in [9.17, 15) is 0 Å². The number of nitrogens with zero attached hydrogens (tertiary/aromatic N) is 2. The van der Waals surface area contributed by atoms with Crippen molar-refractivity contribution in [3.63, 3.8) is 0 Å². The van der Waals surface area contributed by atoms with E-state index >= 15 is 0 Å². The van der Waals surface area contributed by atoms with Gasteiger partial charge in [-0.15, -0.1) is 0 Å². The first-order chi connectivity index (χ1) is 6.29. The van der Waals surface area contributed by atoms with Gasteiger partial charge in [0.2, 0.25) is 0 Å². The second-order valence-corrected chi connectivity index (χ2v) is 3.51. The number of oxime groups is 1. The second-order valence-electron chi connectivity index (χ2n) is 3.51. The predicted octanol–water partition coefficient (Wildman–Crippen LogP) is 1.66. The number of hydrogen-bond acceptors (Lipinski definition) is 3. The van der Waals surface area contributed by atoms with Gasteiger partial charge in [-0.1, -0.05) is 17.3 Å². The molecule has 0 atom stereocenters. The summed E-state index contributed by atoms with van der Waals surface area (Å²) in [5, 5.41) is 4.09. The SMILES string of the molecule is CN(C)CCON=C1CC=CCC1. The summed E-state index contributed by atoms with van der Waals surface area (Å²) < 4.78 is 0. The third kappa shape index (κ3) is 4.68. The van der Waals surface area contributed by atoms with Crippen molar-refractivity contribution in [3.8, 4) is 0 Å². The monoisotopic (exact) mass is 182 g/mol. The van der Waals surface area contributed by atoms with Crippen molar-refractivity contribution < 1.29 is 4.84 Å². The van der Waals surface area contributed by atoms with Crippen LogP contribution in [0.2, 0.25) is 0 Å². The largest absolute Gasteiger partial charge is 0.394 e. The quantitative estimate of drug-likeness (QED) is 0.375. The highest BCUT2D eigenvalue weighted by molar-refractivity contribution is 5.86. The van der Waals surface area contributed by atoms with Gasteiger partial charge in [0, 0.05) is 13.0 Å². The zero-order valence-electron chi connectivity index (χ0n) is 8.49. The molecular formula is C10H18N2O. The Balaban J connectivity index is 2.12. The lowest BCUT2D eigenvalue weighted by Gasteiger charge is -2.09. The van der Waals surface area contributed by atoms with Gasteiger partial charge < -0.3 is 9.74 Å². The Hall–Kier alpha value is -0.830. The topological polar surface area (TPSA) is 24.8 Å². The summed E-state index contributed by atoms with van der Waals surface area (Å²) in [6, 6.07) is 0. The Morgan fingerprint density at radius 3 is 2.92 bits per heavy atom. The molecule has 0 radical (unpaired) electrons. The van der Waals surface area contributed by atoms with E-state index in [1.807, 2.05) is 14.1 Å². The second kappa shape index (κ2) is 5.75. The molecule has 0 aliphatic heterocycles. The third-order valence-electron chi connectivity index (χ3n) is 1.94. The molecule has 3 nitrogen and oxygen atoms in total. The first-order valence-electron chi connectivity index (χ1n) is 4.76. The fourth-order valence-electron chi connectivity index (χ4n) is 1.13. The van der Waals surface area contributed by atoms with Crippen LogP contribution in [0.3, 0.4) is 0 Å². The highest BCUT2D eigenvalue weighted by Gasteiger charge is 2.01. The molecule has 0 aromatic carbocycles. The molecule has 74 valence electrons. The van der Waals surface area contributed by atoms with Crippen LogP contribution in [-0.4, -0.2) is 37.9 Å². The van der Waals surface area contributed by atoms with Crippen molar-refractivity contribution in [1.82, 2.24) is 4.90 Å². The molecule has 0 N–H and O–H groups in total. The number of allylic oxidation sites excluding steroid dienone is 2. The lowest BCUT2D eigenvalue weighted by molar-refractivity contribution is 0.125. The summed E-state index contributed by atoms with van der Waals surface area (Å²) in [5.41, 5.74) is 1.17. The molecule has 0 heterocycles. The van der Waals surface area contributed by atoms with Gasteiger partial charge in [-0.2, -0.15) is 0 Å². The lowest BCUT2D eigenvalue weighted by atomic mass is 10.1. The van der Waals surface area contributed by atoms with Gasteiger partial charge in [-0.25, -0.2) is 0 Å². The van der Waals surface area contributed by atoms with Gasteiger partial charge in [-0.05, 0) is 26.9 Å². The fourth-order valence-corrected chi connectivity index (χ4v) is 1.13. The van der Waals surface area contributed by atoms with Crippen LogP contribution in [0, 0.1) is 0 Å². The van der Waals surface area contributed by atoms with Crippen molar-refractivity contribution in [2.24, 2.45) is 5.16 Å². The van der Waals surface area contributed by atoms with Crippen LogP contribution < -0.4 is 0 Å². The van der Waals surface area contributed by atoms with E-state index in [1.54, 1.807) is 0 Å². The van der Waals surface area contributed by atoms with Crippen LogP contribution >= 0.6 is 0 Å². The van der Waals surface area contributed by atoms with Crippen LogP contribution in [0.25, 0.3) is 0 Å². The molecule has 0 saturated carbocycles. The standard InChI is InChI=1S/C10H18N2O/c1-12(2)8-9-13-11-10-6-4-3-5-7-10/h3-4H,5-9H2,1-2H3. The molecule has 0 unspecified atom stereocenters. The molecule has 1 aliphatic rings. The molecule has 0 aromatic heterocycles. The molecule has 0 aromatic rings. The van der Waals surface area contributed by atoms with Gasteiger partial charge in [0.15, 0.2) is 0 Å². The first-order valence-corrected chi connectivity index (χ1v) is 4.76. The summed E-state index contributed by atoms with van der Waals surface area (Å²) >= 11 is 0. The van der Waals surface area contributed by atoms with E-state index in [1.165, 1.54) is 5.71 Å². The van der Waals surface area contributed by atoms with Crippen LogP contribution in [0.1, 0.15) is 19.3 Å². The highest BCUT2D eigenvalue weighted by atomic mass is 16.6. The molecule has 0 spiro atoms. The Morgan fingerprint density at radius 1 is 1.46 bits per heavy atom. The molecular weight excluding hydrogens is 164 g/mol. The summed E-state index contributed by atoms with van der Waals surface area (Å²) in [6.07, 6.45) is 7.47. The fraction of sp³-hybridized carbons (Fsp3) is 0.700. The van der Waals surface area contributed by atoms with Crippen LogP contribution in [0.15, 0.2) is 17.3 Å². The van der Waals surface area contributed by atoms with E-state index in [-0.39, 0.29) is 0 Å². The van der Waals surface area contributed by atoms with Gasteiger partial charge in [-0.3, -0.25) is 0 Å². The lowest BCUT2D eigenvalue weighted by Crippen LogP contribution is -2.17. The Labute approximate surface area is 80.1 Å². The van der Waals surface area contributed by atoms with Gasteiger partial charge in [0.25, 0.3) is 0 Å². The summed E-state index contributed by atoms with van der Waals surface area (Å²) in [5.74, 6) is 0. The van der Waals surface area contributed by atoms with Gasteiger partial charge in [0.05, 0.1) is 5.71 Å². The van der Waals surface area contributed by atoms with E-state index in [4.69, 9.17) is 4.84 Å². The zero-order chi connectivity index (χ0) is 9.52. The van der Waals surface area contributed by atoms with E-state index in [0.29, 0.717) is 6.61 Å². The Morgan fingerprint density at radius 2 is 2.31 bits per heavy atom. The highest BCUT2D eigenvalue weighted by Crippen LogP contribution is 2.07. The predicted molar refractivity (Wildman–Crippen MR) is 54.9 cm³/mol. The van der Waals surface area contributed by atoms with Gasteiger partial charge >= 0.3 is 0 Å². The molecule has 0 bridgehead atoms. The average molecular weight is 182 g/mol. The maximum Gasteiger partial charge on any atom is 0.129 e. The van der Waals surface area contributed by atoms with Crippen molar-refractivity contribution in [3.05, 3.63) is 12.2 Å². The van der Waals surface area contributed by atoms with Crippen LogP contribution in [-0.2, 0) is 4.84 Å². The van der Waals surface area contributed by atoms with Crippen molar-refractivity contribution >= 4 is 5.71 Å². The van der Waals surface area contributed by atoms with E-state index < -0.39 is 0 Å². The van der Waals surface area contributed by atoms with Gasteiger partial charge in [0.1, 0.15) is 6.61 Å². The minimum absolute atomic E-state index is 0.681. The average Bonchev–Trinajstić information content (AvgIpc) is 2.14. The molecule has 1 rings (SSSR count). The summed E-state index contributed by atoms with van der Waals surface area (Å²) in [7, 11) is 4.06. The molecule has 1 aliphatic carbocycles. The maximum atomic E-state index is 5.20. The Kier molecular flexibility index (Phi) is 4.54. The molecule has 0 saturated heterocycles. The number of hydrogen-bond donors (Lipinski definition) is 0. The molecule has 13 heavy (non-hydrogen) atoms. The molecule has 0 fully saturated rings. The summed E-state index contributed by atoms with van der Waals surface area (Å²) in [4.78, 5) is 7.28. The van der Waals surface area contributed by atoms with Crippen molar-refractivity contribution in [2.75, 3.05) is 27.2 Å². The minimum Gasteiger partial charge on any atom is -0.394 e. The molecule has 3 heteroatoms. The molecule has 0 amide bonds. The maximum absolute atomic E-state index is 5.20. The Bertz CT molecular complexity index is 197. The summed E-state index contributed by atoms with van der Waals surface area (Å²) in [6.45, 7) is 1.60. The minimum atomic E-state index is 0.681. The van der Waals surface area contributed by atoms with Crippen molar-refractivity contribution in [2.45, 2.75) is 19.3 Å². The van der Waals surface area contributed by atoms with Crippen molar-refractivity contribution in [1.29, 1.82) is 0 Å². The van der Waals surface area contributed by atoms with E-state index in [2.05, 4.69) is 22.2 Å². The number of likely N-dealkylation sites (N-methyl/N-ethyl adjacent to an activating group) is 1. The third-order valence-corrected chi connectivity index (χ3v) is 1.94. The zero-order valence-corrected chi connectivity index (χ0v) is 8.49. The smallest absolute Gasteiger partial charge is 0.129 e. The number of rotatable bonds is 4. The van der Waals surface area contributed by atoms with Crippen LogP contribution in [0.5, 0.6) is 0 Å².